The van der Waals surface area contributed by atoms with Crippen LogP contribution in [0.1, 0.15) is 286 Å². The summed E-state index contributed by atoms with van der Waals surface area (Å²) in [6.45, 7) is 40.9. The second-order valence-corrected chi connectivity index (χ2v) is 39.0. The van der Waals surface area contributed by atoms with Crippen molar-refractivity contribution in [3.63, 3.8) is 0 Å². The van der Waals surface area contributed by atoms with Gasteiger partial charge in [0.1, 0.15) is 28.0 Å². The first-order chi connectivity index (χ1) is 61.6. The van der Waals surface area contributed by atoms with E-state index in [9.17, 15) is 47.9 Å². The molecule has 34 heteroatoms. The third kappa shape index (κ3) is 59.2. The van der Waals surface area contributed by atoms with Gasteiger partial charge in [-0.15, -0.1) is 12.4 Å². The molecule has 2 N–H and O–H groups in total. The molecule has 5 aliphatic heterocycles. The van der Waals surface area contributed by atoms with Crippen molar-refractivity contribution >= 4 is 94.0 Å². The Bertz CT molecular complexity index is 3920. The maximum Gasteiger partial charge on any atom is 1.00 e. The van der Waals surface area contributed by atoms with Crippen LogP contribution in [-0.4, -0.2) is 251 Å². The number of Topliss-reactive ketones (excluding diaryl/α,β-unsaturated/α-hetero) is 1. The number of ether oxygens (including phenoxy) is 7. The van der Waals surface area contributed by atoms with E-state index in [-0.39, 0.29) is 97.7 Å². The number of rotatable bonds is 24. The van der Waals surface area contributed by atoms with E-state index in [1.807, 2.05) is 146 Å². The number of hydroxylamine groups is 3. The number of carboxylic acid groups (broad SMARTS) is 1. The van der Waals surface area contributed by atoms with Crippen molar-refractivity contribution in [2.75, 3.05) is 108 Å². The Morgan fingerprint density at radius 3 is 1.07 bits per heavy atom. The van der Waals surface area contributed by atoms with Crippen LogP contribution in [-0.2, 0) is 62.0 Å². The molecule has 0 radical (unpaired) electrons. The van der Waals surface area contributed by atoms with Crippen molar-refractivity contribution in [2.45, 2.75) is 292 Å². The van der Waals surface area contributed by atoms with E-state index >= 15 is 0 Å². The Kier molecular flexibility index (Phi) is 62.6. The van der Waals surface area contributed by atoms with Crippen molar-refractivity contribution in [1.29, 1.82) is 0 Å². The molecule has 9 rings (SSSR count). The summed E-state index contributed by atoms with van der Waals surface area (Å²) in [6, 6.07) is 15.1. The van der Waals surface area contributed by atoms with Crippen LogP contribution in [0, 0.1) is 36.5 Å². The van der Waals surface area contributed by atoms with Gasteiger partial charge in [0, 0.05) is 164 Å². The van der Waals surface area contributed by atoms with Gasteiger partial charge in [0.05, 0.1) is 34.9 Å². The van der Waals surface area contributed by atoms with Crippen molar-refractivity contribution in [3.05, 3.63) is 132 Å². The number of ketones is 1. The molecule has 0 saturated carbocycles. The Hall–Kier alpha value is -8.51. The van der Waals surface area contributed by atoms with Crippen molar-refractivity contribution < 1.29 is 115 Å². The zero-order valence-electron chi connectivity index (χ0n) is 84.3. The minimum atomic E-state index is -0.746. The van der Waals surface area contributed by atoms with Crippen LogP contribution >= 0.6 is 28.3 Å². The largest absolute Gasteiger partial charge is 1.00 e. The predicted molar refractivity (Wildman–Crippen MR) is 518 cm³/mol. The molecule has 0 bridgehead atoms. The van der Waals surface area contributed by atoms with Gasteiger partial charge < -0.3 is 74.5 Å². The minimum absolute atomic E-state index is 0. The average Bonchev–Trinajstić information content (AvgIpc) is 0.904. The summed E-state index contributed by atoms with van der Waals surface area (Å²) >= 11 is 3.25. The second kappa shape index (κ2) is 66.8. The fraction of sp³-hybridized carbons (Fsp3) is 0.667. The first kappa shape index (κ1) is 124. The van der Waals surface area contributed by atoms with Crippen molar-refractivity contribution in [3.8, 4) is 0 Å². The van der Waals surface area contributed by atoms with E-state index in [4.69, 9.17) is 43.1 Å². The van der Waals surface area contributed by atoms with Crippen molar-refractivity contribution in [2.24, 2.45) is 29.6 Å². The summed E-state index contributed by atoms with van der Waals surface area (Å²) < 4.78 is 37.6. The monoisotopic (exact) mass is 1940 g/mol. The number of pyridine rings is 4. The number of allylic oxidation sites excluding steroid dienone is 1. The molecule has 0 aromatic carbocycles. The van der Waals surface area contributed by atoms with Crippen LogP contribution in [0.2, 0.25) is 0 Å². The van der Waals surface area contributed by atoms with Gasteiger partial charge in [0.15, 0.2) is 5.78 Å². The zero-order valence-corrected chi connectivity index (χ0v) is 86.7. The summed E-state index contributed by atoms with van der Waals surface area (Å²) in [5.74, 6) is 1.44. The van der Waals surface area contributed by atoms with Gasteiger partial charge in [0.25, 0.3) is 0 Å². The van der Waals surface area contributed by atoms with Crippen molar-refractivity contribution in [1.82, 2.24) is 55.0 Å². The molecule has 1 unspecified atom stereocenters. The number of methoxy groups -OCH3 is 2. The van der Waals surface area contributed by atoms with E-state index in [0.29, 0.717) is 113 Å². The molecular weight excluding hydrogens is 1790 g/mol. The molecule has 1 atom stereocenters. The number of unbranched alkanes of at least 4 members (excludes halogenated alkanes) is 1. The number of piperidine rings is 5. The minimum Gasteiger partial charge on any atom is -0.481 e. The average molecular weight is 1950 g/mol. The van der Waals surface area contributed by atoms with E-state index in [0.717, 1.165) is 143 Å². The number of nitrogens with one attached hydrogen (secondary N) is 1. The van der Waals surface area contributed by atoms with Gasteiger partial charge in [-0.1, -0.05) is 25.5 Å². The number of esters is 2. The Morgan fingerprint density at radius 2 is 0.797 bits per heavy atom. The van der Waals surface area contributed by atoms with E-state index < -0.39 is 34.0 Å². The van der Waals surface area contributed by atoms with E-state index in [1.165, 1.54) is 32.8 Å². The van der Waals surface area contributed by atoms with Crippen LogP contribution in [0.5, 0.6) is 0 Å². The van der Waals surface area contributed by atoms with Gasteiger partial charge in [-0.3, -0.25) is 44.0 Å². The summed E-state index contributed by atoms with van der Waals surface area (Å²) in [5.41, 5.74) is 3.77. The number of hydrogen-bond acceptors (Lipinski definition) is 24. The number of likely N-dealkylation sites (tertiary alicyclic amines) is 5. The van der Waals surface area contributed by atoms with Gasteiger partial charge >= 0.3 is 67.2 Å². The number of amides is 6. The maximum atomic E-state index is 12.2. The fourth-order valence-corrected chi connectivity index (χ4v) is 14.3. The molecule has 5 fully saturated rings. The maximum absolute atomic E-state index is 12.2. The molecule has 746 valence electrons. The van der Waals surface area contributed by atoms with Crippen LogP contribution in [0.4, 0.5) is 24.0 Å². The topological polar surface area (TPSA) is 357 Å². The Labute approximate surface area is 820 Å². The predicted octanol–water partition coefficient (Wildman–Crippen LogP) is 17.5. The smallest absolute Gasteiger partial charge is 0.481 e. The third-order valence-electron chi connectivity index (χ3n) is 21.5. The van der Waals surface area contributed by atoms with Gasteiger partial charge in [-0.05, 0) is 318 Å². The Balaban J connectivity index is 0.00000157. The molecule has 9 heterocycles. The zero-order chi connectivity index (χ0) is 98.3. The molecular formula is C99H160BrClLiN11O20. The van der Waals surface area contributed by atoms with Crippen LogP contribution in [0.15, 0.2) is 109 Å². The number of aliphatic carboxylic acids is 1. The SMILES string of the molecule is Brc1cccnc1.CC(C)(C)OC(=O)N1CCC(CCC(=O)O)CC1.CC(C)(C)OC(=O)N1CCC(CCC(=O)c2cccnc2)CC1.CNOC.COC(=O)/C=C(/CCC1CCN(C(=O)OC(C)(C)C)CC1)c1cccnc1.COC(=O)CC(CCC1CCN(C(=O)OC(C)(C)C)CC1)c1cccnc1.CON(C)C(=O)CCC1CCN(C(=O)OC(C)(C)C)CC1.Cl.[CH2-]CCC.[Li+]. The van der Waals surface area contributed by atoms with Gasteiger partial charge in [0.2, 0.25) is 5.91 Å². The second-order valence-electron chi connectivity index (χ2n) is 38.0. The fourth-order valence-electron chi connectivity index (χ4n) is 14.1. The third-order valence-corrected chi connectivity index (χ3v) is 22.0. The number of hydrogen-bond donors (Lipinski definition) is 2. The van der Waals surface area contributed by atoms with Gasteiger partial charge in [-0.25, -0.2) is 39.3 Å². The number of carbonyl (C=O) groups excluding carboxylic acids is 9. The number of aromatic nitrogens is 4. The van der Waals surface area contributed by atoms with Crippen LogP contribution in [0.25, 0.3) is 5.57 Å². The first-order valence-electron chi connectivity index (χ1n) is 46.2. The van der Waals surface area contributed by atoms with E-state index in [1.54, 1.807) is 107 Å². The summed E-state index contributed by atoms with van der Waals surface area (Å²) in [7, 11) is 9.19. The summed E-state index contributed by atoms with van der Waals surface area (Å²) in [6.07, 6.45) is 33.4. The van der Waals surface area contributed by atoms with E-state index in [2.05, 4.69) is 60.0 Å². The molecule has 4 aromatic rings. The number of halogens is 2. The van der Waals surface area contributed by atoms with Crippen LogP contribution < -0.4 is 24.3 Å². The quantitative estimate of drug-likeness (QED) is 0.0125. The standard InChI is InChI=1S/C21H32N2O4.C21H30N2O4.C18H26N2O3.C15H28N2O4.C13H23NO4.C5H4BrN.C4H9.C2H7NO.ClH.Li/c2*1-21(2,3)27-20(25)23-12-9-16(10-13-23)7-8-17(14-19(24)26-4)18-6-5-11-22-15-18;1-18(2,3)23-17(22)20-11-8-14(9-12-20)6-7-16(21)15-5-4-10-19-13-15;1-15(2,3)21-14(19)17-10-8-12(9-11-17)6-7-13(18)16(4)20-5;1-13(2,3)18-12(17)14-8-6-10(7-9-14)4-5-11(15)16;6-5-2-1-3-7-4-5;2*1-3-4-2;;/h5-6,11,15-17H,7-10,12-14H2,1-4H3;5-6,11,14-16H,7-10,12-13H2,1-4H3;4-5,10,13-14H,6-9,11-12H2,1-3H3;12H,6-11H2,1-5H3;10H,4-9H2,1-3H3,(H,15,16);1-4H;1,3-4H2,2H3;3H,1-2H3;1H;/q;;;;;;-1;;;+1/b;17-14-;;;;;;;;. The van der Waals surface area contributed by atoms with Gasteiger partial charge in [-0.2, -0.15) is 6.42 Å². The molecule has 5 saturated heterocycles. The normalized spacial score (nSPS) is 15.4. The molecule has 133 heavy (non-hydrogen) atoms. The molecule has 6 amide bonds. The molecule has 31 nitrogen and oxygen atoms in total. The summed E-state index contributed by atoms with van der Waals surface area (Å²) in [5, 5.41) is 9.89. The number of carboxylic acids is 1. The molecule has 0 aliphatic carbocycles. The van der Waals surface area contributed by atoms with Crippen LogP contribution in [0.3, 0.4) is 0 Å². The Morgan fingerprint density at radius 1 is 0.481 bits per heavy atom. The first-order valence-corrected chi connectivity index (χ1v) is 47.0. The molecule has 5 aliphatic rings. The summed E-state index contributed by atoms with van der Waals surface area (Å²) in [4.78, 5) is 152. The number of carbonyl (C=O) groups is 10. The molecule has 0 spiro atoms. The molecule has 4 aromatic heterocycles. The number of nitrogens with zero attached hydrogens (tertiary/aromatic N) is 10.